The number of hydrogen-bond donors (Lipinski definition) is 2. The van der Waals surface area contributed by atoms with Crippen molar-refractivity contribution in [3.8, 4) is 0 Å². The summed E-state index contributed by atoms with van der Waals surface area (Å²) in [6.45, 7) is 7.91. The van der Waals surface area contributed by atoms with E-state index in [0.717, 1.165) is 29.6 Å². The van der Waals surface area contributed by atoms with E-state index in [1.807, 2.05) is 7.05 Å². The minimum Gasteiger partial charge on any atom is -0.373 e. The summed E-state index contributed by atoms with van der Waals surface area (Å²) in [5.74, 6) is 3.54. The maximum absolute atomic E-state index is 4.78. The molecule has 1 aliphatic carbocycles. The Hall–Kier alpha value is -1.36. The number of nitrogens with zero attached hydrogens (tertiary/aromatic N) is 3. The Balaban J connectivity index is 1.71. The van der Waals surface area contributed by atoms with Crippen LogP contribution in [-0.2, 0) is 0 Å². The molecule has 116 valence electrons. The predicted molar refractivity (Wildman–Crippen MR) is 87.0 cm³/mol. The molecule has 1 unspecified atom stereocenters. The summed E-state index contributed by atoms with van der Waals surface area (Å²) in [6.07, 6.45) is 5.15. The molecule has 0 radical (unpaired) electrons. The van der Waals surface area contributed by atoms with Crippen molar-refractivity contribution in [3.63, 3.8) is 0 Å². The van der Waals surface area contributed by atoms with Crippen LogP contribution in [0.2, 0.25) is 0 Å². The van der Waals surface area contributed by atoms with E-state index in [-0.39, 0.29) is 0 Å². The molecule has 0 spiro atoms. The zero-order chi connectivity index (χ0) is 14.8. The van der Waals surface area contributed by atoms with Gasteiger partial charge in [-0.15, -0.1) is 0 Å². The van der Waals surface area contributed by atoms with Gasteiger partial charge in [-0.2, -0.15) is 0 Å². The molecule has 1 aromatic heterocycles. The Labute approximate surface area is 127 Å². The van der Waals surface area contributed by atoms with Crippen molar-refractivity contribution in [1.29, 1.82) is 0 Å². The Morgan fingerprint density at radius 3 is 2.48 bits per heavy atom. The lowest BCUT2D eigenvalue weighted by Gasteiger charge is -2.23. The molecule has 0 amide bonds. The van der Waals surface area contributed by atoms with Gasteiger partial charge in [0.15, 0.2) is 0 Å². The minimum atomic E-state index is 0.411. The van der Waals surface area contributed by atoms with Crippen LogP contribution in [0.25, 0.3) is 0 Å². The molecule has 1 saturated carbocycles. The third-order valence-electron chi connectivity index (χ3n) is 4.46. The Morgan fingerprint density at radius 1 is 1.19 bits per heavy atom. The second kappa shape index (κ2) is 6.18. The second-order valence-electron chi connectivity index (χ2n) is 6.48. The van der Waals surface area contributed by atoms with E-state index in [1.165, 1.54) is 38.8 Å². The van der Waals surface area contributed by atoms with Crippen LogP contribution in [0.15, 0.2) is 0 Å². The second-order valence-corrected chi connectivity index (χ2v) is 6.48. The van der Waals surface area contributed by atoms with E-state index in [9.17, 15) is 0 Å². The van der Waals surface area contributed by atoms with Gasteiger partial charge in [0.25, 0.3) is 0 Å². The molecular weight excluding hydrogens is 262 g/mol. The molecule has 2 heterocycles. The van der Waals surface area contributed by atoms with Gasteiger partial charge >= 0.3 is 0 Å². The van der Waals surface area contributed by atoms with Gasteiger partial charge in [0, 0.05) is 31.1 Å². The maximum Gasteiger partial charge on any atom is 0.136 e. The SMILES string of the molecule is CNc1nc(C2CC2)nc(NC(C)CN2CCCC2)c1C. The summed E-state index contributed by atoms with van der Waals surface area (Å²) < 4.78 is 0. The zero-order valence-corrected chi connectivity index (χ0v) is 13.4. The first kappa shape index (κ1) is 14.6. The fourth-order valence-electron chi connectivity index (χ4n) is 3.07. The average Bonchev–Trinajstić information content (AvgIpc) is 3.20. The van der Waals surface area contributed by atoms with E-state index in [4.69, 9.17) is 4.98 Å². The van der Waals surface area contributed by atoms with Crippen molar-refractivity contribution in [2.75, 3.05) is 37.3 Å². The van der Waals surface area contributed by atoms with Crippen molar-refractivity contribution >= 4 is 11.6 Å². The lowest BCUT2D eigenvalue weighted by atomic mass is 10.2. The van der Waals surface area contributed by atoms with Crippen molar-refractivity contribution < 1.29 is 0 Å². The lowest BCUT2D eigenvalue weighted by molar-refractivity contribution is 0.327. The van der Waals surface area contributed by atoms with Crippen LogP contribution in [0.1, 0.15) is 49.9 Å². The van der Waals surface area contributed by atoms with Gasteiger partial charge in [0.05, 0.1) is 0 Å². The molecule has 2 N–H and O–H groups in total. The topological polar surface area (TPSA) is 53.1 Å². The number of nitrogens with one attached hydrogen (secondary N) is 2. The summed E-state index contributed by atoms with van der Waals surface area (Å²) in [7, 11) is 1.93. The molecule has 5 nitrogen and oxygen atoms in total. The molecule has 2 aliphatic rings. The Bertz CT molecular complexity index is 492. The quantitative estimate of drug-likeness (QED) is 0.843. The molecule has 2 fully saturated rings. The van der Waals surface area contributed by atoms with Crippen molar-refractivity contribution in [2.45, 2.75) is 51.5 Å². The Kier molecular flexibility index (Phi) is 4.29. The first-order valence-electron chi connectivity index (χ1n) is 8.22. The minimum absolute atomic E-state index is 0.411. The molecule has 21 heavy (non-hydrogen) atoms. The Morgan fingerprint density at radius 2 is 1.86 bits per heavy atom. The van der Waals surface area contributed by atoms with Gasteiger partial charge in [-0.3, -0.25) is 0 Å². The number of likely N-dealkylation sites (tertiary alicyclic amines) is 1. The van der Waals surface area contributed by atoms with Gasteiger partial charge < -0.3 is 15.5 Å². The summed E-state index contributed by atoms with van der Waals surface area (Å²) in [5, 5.41) is 6.81. The van der Waals surface area contributed by atoms with Crippen LogP contribution in [-0.4, -0.2) is 47.6 Å². The van der Waals surface area contributed by atoms with E-state index in [0.29, 0.717) is 12.0 Å². The third-order valence-corrected chi connectivity index (χ3v) is 4.46. The van der Waals surface area contributed by atoms with Crippen LogP contribution in [0.4, 0.5) is 11.6 Å². The highest BCUT2D eigenvalue weighted by Crippen LogP contribution is 2.39. The van der Waals surface area contributed by atoms with E-state index < -0.39 is 0 Å². The van der Waals surface area contributed by atoms with Gasteiger partial charge in [0.2, 0.25) is 0 Å². The summed E-state index contributed by atoms with van der Waals surface area (Å²) in [5.41, 5.74) is 1.12. The lowest BCUT2D eigenvalue weighted by Crippen LogP contribution is -2.33. The molecule has 5 heteroatoms. The van der Waals surface area contributed by atoms with Crippen LogP contribution in [0.3, 0.4) is 0 Å². The highest BCUT2D eigenvalue weighted by molar-refractivity contribution is 5.57. The molecule has 1 aliphatic heterocycles. The zero-order valence-electron chi connectivity index (χ0n) is 13.4. The molecule has 0 bridgehead atoms. The van der Waals surface area contributed by atoms with Gasteiger partial charge in [-0.1, -0.05) is 0 Å². The summed E-state index contributed by atoms with van der Waals surface area (Å²) >= 11 is 0. The van der Waals surface area contributed by atoms with E-state index in [2.05, 4.69) is 34.4 Å². The largest absolute Gasteiger partial charge is 0.373 e. The summed E-state index contributed by atoms with van der Waals surface area (Å²) in [4.78, 5) is 12.0. The normalized spacial score (nSPS) is 20.5. The van der Waals surface area contributed by atoms with Crippen molar-refractivity contribution in [1.82, 2.24) is 14.9 Å². The van der Waals surface area contributed by atoms with Crippen LogP contribution >= 0.6 is 0 Å². The van der Waals surface area contributed by atoms with Crippen molar-refractivity contribution in [2.24, 2.45) is 0 Å². The maximum atomic E-state index is 4.78. The number of anilines is 2. The van der Waals surface area contributed by atoms with E-state index in [1.54, 1.807) is 0 Å². The van der Waals surface area contributed by atoms with Crippen LogP contribution in [0, 0.1) is 6.92 Å². The molecule has 1 saturated heterocycles. The smallest absolute Gasteiger partial charge is 0.136 e. The third kappa shape index (κ3) is 3.46. The van der Waals surface area contributed by atoms with E-state index >= 15 is 0 Å². The van der Waals surface area contributed by atoms with Crippen LogP contribution in [0.5, 0.6) is 0 Å². The monoisotopic (exact) mass is 289 g/mol. The van der Waals surface area contributed by atoms with Gasteiger partial charge in [-0.25, -0.2) is 9.97 Å². The summed E-state index contributed by atoms with van der Waals surface area (Å²) in [6, 6.07) is 0.411. The first-order chi connectivity index (χ1) is 10.2. The number of hydrogen-bond acceptors (Lipinski definition) is 5. The van der Waals surface area contributed by atoms with Crippen molar-refractivity contribution in [3.05, 3.63) is 11.4 Å². The highest BCUT2D eigenvalue weighted by Gasteiger charge is 2.28. The predicted octanol–water partition coefficient (Wildman–Crippen LogP) is 2.60. The first-order valence-corrected chi connectivity index (χ1v) is 8.22. The molecule has 0 aromatic carbocycles. The molecule has 3 rings (SSSR count). The number of aromatic nitrogens is 2. The van der Waals surface area contributed by atoms with Gasteiger partial charge in [-0.05, 0) is 52.6 Å². The van der Waals surface area contributed by atoms with Gasteiger partial charge in [0.1, 0.15) is 17.5 Å². The molecule has 1 atom stereocenters. The standard InChI is InChI=1S/C16H27N5/c1-11(10-21-8-4-5-9-21)18-15-12(2)14(17-3)19-16(20-15)13-6-7-13/h11,13H,4-10H2,1-3H3,(H2,17,18,19,20). The molecule has 1 aromatic rings. The number of rotatable bonds is 6. The average molecular weight is 289 g/mol. The van der Waals surface area contributed by atoms with Crippen LogP contribution < -0.4 is 10.6 Å². The fourth-order valence-corrected chi connectivity index (χ4v) is 3.07. The highest BCUT2D eigenvalue weighted by atomic mass is 15.2. The fraction of sp³-hybridized carbons (Fsp3) is 0.750. The molecular formula is C16H27N5.